The van der Waals surface area contributed by atoms with Crippen molar-refractivity contribution in [3.8, 4) is 0 Å². The Bertz CT molecular complexity index is 285. The van der Waals surface area contributed by atoms with Gasteiger partial charge in [-0.3, -0.25) is 9.78 Å². The molecule has 14 heavy (non-hydrogen) atoms. The highest BCUT2D eigenvalue weighted by Gasteiger charge is 2.03. The maximum atomic E-state index is 11.2. The molecule has 4 nitrogen and oxygen atoms in total. The SMILES string of the molecule is CC(N)CC(=O)NCc1ccncc1. The number of carbonyl (C=O) groups excluding carboxylic acids is 1. The molecule has 0 radical (unpaired) electrons. The second-order valence-electron chi connectivity index (χ2n) is 3.31. The summed E-state index contributed by atoms with van der Waals surface area (Å²) in [5.74, 6) is -0.0168. The molecule has 0 aliphatic carbocycles. The Hall–Kier alpha value is -1.42. The molecule has 0 fully saturated rings. The zero-order chi connectivity index (χ0) is 10.4. The molecule has 0 saturated heterocycles. The van der Waals surface area contributed by atoms with Crippen molar-refractivity contribution in [2.75, 3.05) is 0 Å². The van der Waals surface area contributed by atoms with Crippen LogP contribution in [0, 0.1) is 0 Å². The number of nitrogens with one attached hydrogen (secondary N) is 1. The molecule has 76 valence electrons. The molecule has 0 aromatic carbocycles. The van der Waals surface area contributed by atoms with Crippen molar-refractivity contribution < 1.29 is 4.79 Å². The van der Waals surface area contributed by atoms with E-state index in [0.29, 0.717) is 13.0 Å². The molecule has 3 N–H and O–H groups in total. The molecule has 1 atom stereocenters. The van der Waals surface area contributed by atoms with Crippen LogP contribution in [0.1, 0.15) is 18.9 Å². The van der Waals surface area contributed by atoms with Gasteiger partial charge < -0.3 is 11.1 Å². The van der Waals surface area contributed by atoms with Crippen LogP contribution in [-0.4, -0.2) is 16.9 Å². The molecule has 0 spiro atoms. The molecule has 4 heteroatoms. The van der Waals surface area contributed by atoms with E-state index in [1.54, 1.807) is 12.4 Å². The van der Waals surface area contributed by atoms with Crippen molar-refractivity contribution in [1.82, 2.24) is 10.3 Å². The topological polar surface area (TPSA) is 68.0 Å². The molecule has 1 heterocycles. The summed E-state index contributed by atoms with van der Waals surface area (Å²) in [5.41, 5.74) is 6.53. The van der Waals surface area contributed by atoms with Crippen LogP contribution in [0.5, 0.6) is 0 Å². The summed E-state index contributed by atoms with van der Waals surface area (Å²) in [4.78, 5) is 15.1. The maximum Gasteiger partial charge on any atom is 0.221 e. The molecule has 1 unspecified atom stereocenters. The molecule has 1 rings (SSSR count). The third-order valence-electron chi connectivity index (χ3n) is 1.75. The van der Waals surface area contributed by atoms with Gasteiger partial charge in [0.1, 0.15) is 0 Å². The summed E-state index contributed by atoms with van der Waals surface area (Å²) < 4.78 is 0. The summed E-state index contributed by atoms with van der Waals surface area (Å²) in [6, 6.07) is 3.64. The number of nitrogens with zero attached hydrogens (tertiary/aromatic N) is 1. The number of aromatic nitrogens is 1. The summed E-state index contributed by atoms with van der Waals surface area (Å²) in [7, 11) is 0. The third-order valence-corrected chi connectivity index (χ3v) is 1.75. The van der Waals surface area contributed by atoms with Gasteiger partial charge in [0.15, 0.2) is 0 Å². The number of carbonyl (C=O) groups is 1. The van der Waals surface area contributed by atoms with Gasteiger partial charge in [-0.25, -0.2) is 0 Å². The Kier molecular flexibility index (Phi) is 4.07. The van der Waals surface area contributed by atoms with Crippen molar-refractivity contribution in [3.05, 3.63) is 30.1 Å². The number of amides is 1. The molecule has 0 aliphatic rings. The standard InChI is InChI=1S/C10H15N3O/c1-8(11)6-10(14)13-7-9-2-4-12-5-3-9/h2-5,8H,6-7,11H2,1H3,(H,13,14). The van der Waals surface area contributed by atoms with Crippen LogP contribution in [0.3, 0.4) is 0 Å². The first-order chi connectivity index (χ1) is 6.68. The quantitative estimate of drug-likeness (QED) is 0.729. The Balaban J connectivity index is 2.31. The lowest BCUT2D eigenvalue weighted by molar-refractivity contribution is -0.121. The van der Waals surface area contributed by atoms with Gasteiger partial charge in [0, 0.05) is 31.4 Å². The van der Waals surface area contributed by atoms with Crippen molar-refractivity contribution in [2.45, 2.75) is 25.9 Å². The monoisotopic (exact) mass is 193 g/mol. The number of hydrogen-bond acceptors (Lipinski definition) is 3. The largest absolute Gasteiger partial charge is 0.352 e. The van der Waals surface area contributed by atoms with E-state index >= 15 is 0 Å². The van der Waals surface area contributed by atoms with E-state index in [-0.39, 0.29) is 11.9 Å². The molecule has 1 amide bonds. The van der Waals surface area contributed by atoms with Gasteiger partial charge in [0.2, 0.25) is 5.91 Å². The highest BCUT2D eigenvalue weighted by atomic mass is 16.1. The fourth-order valence-corrected chi connectivity index (χ4v) is 1.07. The first-order valence-corrected chi connectivity index (χ1v) is 4.59. The summed E-state index contributed by atoms with van der Waals surface area (Å²) in [5, 5.41) is 2.78. The second kappa shape index (κ2) is 5.34. The van der Waals surface area contributed by atoms with Crippen LogP contribution in [0.4, 0.5) is 0 Å². The van der Waals surface area contributed by atoms with Gasteiger partial charge in [-0.1, -0.05) is 0 Å². The van der Waals surface area contributed by atoms with Gasteiger partial charge in [0.05, 0.1) is 0 Å². The minimum atomic E-state index is -0.0903. The Morgan fingerprint density at radius 3 is 2.79 bits per heavy atom. The van der Waals surface area contributed by atoms with Crippen LogP contribution in [0.15, 0.2) is 24.5 Å². The molecule has 1 aromatic rings. The Labute approximate surface area is 83.5 Å². The zero-order valence-electron chi connectivity index (χ0n) is 8.23. The first-order valence-electron chi connectivity index (χ1n) is 4.59. The number of pyridine rings is 1. The smallest absolute Gasteiger partial charge is 0.221 e. The predicted molar refractivity (Wildman–Crippen MR) is 54.4 cm³/mol. The average Bonchev–Trinajstić information content (AvgIpc) is 2.15. The van der Waals surface area contributed by atoms with Gasteiger partial charge in [-0.05, 0) is 24.6 Å². The summed E-state index contributed by atoms with van der Waals surface area (Å²) in [6.45, 7) is 2.35. The van der Waals surface area contributed by atoms with Crippen LogP contribution >= 0.6 is 0 Å². The minimum Gasteiger partial charge on any atom is -0.352 e. The van der Waals surface area contributed by atoms with E-state index in [0.717, 1.165) is 5.56 Å². The van der Waals surface area contributed by atoms with Gasteiger partial charge in [0.25, 0.3) is 0 Å². The van der Waals surface area contributed by atoms with Gasteiger partial charge >= 0.3 is 0 Å². The molecule has 0 aliphatic heterocycles. The number of hydrogen-bond donors (Lipinski definition) is 2. The molecular formula is C10H15N3O. The maximum absolute atomic E-state index is 11.2. The number of rotatable bonds is 4. The highest BCUT2D eigenvalue weighted by molar-refractivity contribution is 5.76. The van der Waals surface area contributed by atoms with Crippen LogP contribution in [0.25, 0.3) is 0 Å². The van der Waals surface area contributed by atoms with E-state index in [2.05, 4.69) is 10.3 Å². The van der Waals surface area contributed by atoms with Gasteiger partial charge in [-0.15, -0.1) is 0 Å². The van der Waals surface area contributed by atoms with Crippen LogP contribution in [-0.2, 0) is 11.3 Å². The van der Waals surface area contributed by atoms with Crippen molar-refractivity contribution >= 4 is 5.91 Å². The average molecular weight is 193 g/mol. The predicted octanol–water partition coefficient (Wildman–Crippen LogP) is 0.435. The lowest BCUT2D eigenvalue weighted by Gasteiger charge is -2.06. The van der Waals surface area contributed by atoms with Crippen molar-refractivity contribution in [3.63, 3.8) is 0 Å². The summed E-state index contributed by atoms with van der Waals surface area (Å²) in [6.07, 6.45) is 3.77. The summed E-state index contributed by atoms with van der Waals surface area (Å²) >= 11 is 0. The van der Waals surface area contributed by atoms with E-state index in [4.69, 9.17) is 5.73 Å². The second-order valence-corrected chi connectivity index (χ2v) is 3.31. The third kappa shape index (κ3) is 4.00. The Morgan fingerprint density at radius 1 is 1.57 bits per heavy atom. The normalized spacial score (nSPS) is 12.1. The van der Waals surface area contributed by atoms with Crippen LogP contribution < -0.4 is 11.1 Å². The van der Waals surface area contributed by atoms with E-state index < -0.39 is 0 Å². The minimum absolute atomic E-state index is 0.0168. The number of nitrogens with two attached hydrogens (primary N) is 1. The molecular weight excluding hydrogens is 178 g/mol. The Morgan fingerprint density at radius 2 is 2.21 bits per heavy atom. The fraction of sp³-hybridized carbons (Fsp3) is 0.400. The van der Waals surface area contributed by atoms with E-state index in [1.165, 1.54) is 0 Å². The fourth-order valence-electron chi connectivity index (χ4n) is 1.07. The zero-order valence-corrected chi connectivity index (χ0v) is 8.23. The van der Waals surface area contributed by atoms with Crippen LogP contribution in [0.2, 0.25) is 0 Å². The molecule has 0 bridgehead atoms. The highest BCUT2D eigenvalue weighted by Crippen LogP contribution is 1.95. The van der Waals surface area contributed by atoms with Crippen molar-refractivity contribution in [2.24, 2.45) is 5.73 Å². The molecule has 1 aromatic heterocycles. The van der Waals surface area contributed by atoms with E-state index in [1.807, 2.05) is 19.1 Å². The van der Waals surface area contributed by atoms with Crippen molar-refractivity contribution in [1.29, 1.82) is 0 Å². The van der Waals surface area contributed by atoms with Gasteiger partial charge in [-0.2, -0.15) is 0 Å². The lowest BCUT2D eigenvalue weighted by Crippen LogP contribution is -2.29. The first kappa shape index (κ1) is 10.7. The lowest BCUT2D eigenvalue weighted by atomic mass is 10.2. The molecule has 0 saturated carbocycles. The van der Waals surface area contributed by atoms with E-state index in [9.17, 15) is 4.79 Å².